The van der Waals surface area contributed by atoms with Gasteiger partial charge >= 0.3 is 6.03 Å². The number of carbonyl (C=O) groups excluding carboxylic acids is 2. The van der Waals surface area contributed by atoms with Gasteiger partial charge in [0, 0.05) is 30.6 Å². The summed E-state index contributed by atoms with van der Waals surface area (Å²) in [5.41, 5.74) is 0.713. The van der Waals surface area contributed by atoms with E-state index >= 15 is 0 Å². The van der Waals surface area contributed by atoms with Gasteiger partial charge in [-0.3, -0.25) is 9.69 Å². The Kier molecular flexibility index (Phi) is 6.47. The zero-order valence-electron chi connectivity index (χ0n) is 16.0. The summed E-state index contributed by atoms with van der Waals surface area (Å²) in [7, 11) is 0. The minimum atomic E-state index is -0.0792. The molecular formula is C20H28ClN3O3. The number of urea groups is 1. The zero-order chi connectivity index (χ0) is 19.4. The Morgan fingerprint density at radius 2 is 2.04 bits per heavy atom. The van der Waals surface area contributed by atoms with Crippen LogP contribution in [0.25, 0.3) is 0 Å². The minimum Gasteiger partial charge on any atom is -0.487 e. The van der Waals surface area contributed by atoms with Crippen LogP contribution in [0.4, 0.5) is 10.5 Å². The lowest BCUT2D eigenvalue weighted by Gasteiger charge is -2.39. The van der Waals surface area contributed by atoms with Crippen LogP contribution >= 0.6 is 11.6 Å². The molecule has 0 bridgehead atoms. The second-order valence-corrected chi connectivity index (χ2v) is 7.78. The molecule has 3 amide bonds. The first kappa shape index (κ1) is 19.8. The number of benzene rings is 1. The Hall–Kier alpha value is -1.95. The van der Waals surface area contributed by atoms with Crippen molar-refractivity contribution >= 4 is 29.2 Å². The second-order valence-electron chi connectivity index (χ2n) is 7.34. The lowest BCUT2D eigenvalue weighted by molar-refractivity contribution is -0.126. The van der Waals surface area contributed by atoms with Crippen molar-refractivity contribution in [1.29, 1.82) is 0 Å². The molecule has 0 aromatic heterocycles. The summed E-state index contributed by atoms with van der Waals surface area (Å²) < 4.78 is 5.83. The normalized spacial score (nSPS) is 20.0. The van der Waals surface area contributed by atoms with Crippen LogP contribution in [0.3, 0.4) is 0 Å². The van der Waals surface area contributed by atoms with Gasteiger partial charge in [-0.1, -0.05) is 24.9 Å². The summed E-state index contributed by atoms with van der Waals surface area (Å²) in [5.74, 6) is 0.792. The topological polar surface area (TPSA) is 61.9 Å². The van der Waals surface area contributed by atoms with Crippen LogP contribution < -0.4 is 15.0 Å². The first-order chi connectivity index (χ1) is 13.0. The van der Waals surface area contributed by atoms with E-state index in [-0.39, 0.29) is 24.0 Å². The van der Waals surface area contributed by atoms with Crippen molar-refractivity contribution < 1.29 is 14.3 Å². The average Bonchev–Trinajstić information content (AvgIpc) is 2.67. The highest BCUT2D eigenvalue weighted by Gasteiger charge is 2.34. The first-order valence-electron chi connectivity index (χ1n) is 9.80. The van der Waals surface area contributed by atoms with Crippen molar-refractivity contribution in [3.05, 3.63) is 23.2 Å². The third kappa shape index (κ3) is 4.67. The number of unbranched alkanes of at least 4 members (excludes halogenated alkanes) is 1. The summed E-state index contributed by atoms with van der Waals surface area (Å²) in [5, 5.41) is 3.58. The molecule has 1 N–H and O–H groups in total. The Morgan fingerprint density at radius 3 is 2.74 bits per heavy atom. The van der Waals surface area contributed by atoms with E-state index in [0.717, 1.165) is 19.4 Å². The standard InChI is InChI=1S/C20H28ClN3O3/c1-3-4-9-22-19(25)15-7-10-23(11-8-15)20(26)24-13-14(2)27-18-6-5-16(21)12-17(18)24/h5-6,12,14-15H,3-4,7-11,13H2,1-2H3,(H,22,25)/t14-/m1/s1. The van der Waals surface area contributed by atoms with Gasteiger partial charge in [-0.2, -0.15) is 0 Å². The van der Waals surface area contributed by atoms with Gasteiger partial charge in [0.1, 0.15) is 11.9 Å². The quantitative estimate of drug-likeness (QED) is 0.794. The number of ether oxygens (including phenoxy) is 1. The molecule has 1 fully saturated rings. The van der Waals surface area contributed by atoms with Gasteiger partial charge in [0.25, 0.3) is 0 Å². The third-order valence-electron chi connectivity index (χ3n) is 5.18. The van der Waals surface area contributed by atoms with E-state index in [9.17, 15) is 9.59 Å². The molecule has 1 atom stereocenters. The molecule has 0 spiro atoms. The Morgan fingerprint density at radius 1 is 1.30 bits per heavy atom. The molecule has 2 aliphatic rings. The van der Waals surface area contributed by atoms with Gasteiger partial charge in [0.2, 0.25) is 5.91 Å². The number of likely N-dealkylation sites (tertiary alicyclic amines) is 1. The Bertz CT molecular complexity index is 689. The van der Waals surface area contributed by atoms with Crippen molar-refractivity contribution in [2.45, 2.75) is 45.6 Å². The number of fused-ring (bicyclic) bond motifs is 1. The number of anilines is 1. The Balaban J connectivity index is 1.61. The number of amides is 3. The van der Waals surface area contributed by atoms with E-state index in [1.54, 1.807) is 23.1 Å². The molecule has 2 aliphatic heterocycles. The van der Waals surface area contributed by atoms with Gasteiger partial charge < -0.3 is 15.0 Å². The van der Waals surface area contributed by atoms with Crippen LogP contribution in [0.5, 0.6) is 5.75 Å². The molecule has 0 aliphatic carbocycles. The van der Waals surface area contributed by atoms with E-state index in [1.165, 1.54) is 0 Å². The molecule has 1 saturated heterocycles. The predicted octanol–water partition coefficient (Wildman–Crippen LogP) is 3.68. The molecule has 0 unspecified atom stereocenters. The van der Waals surface area contributed by atoms with Crippen molar-refractivity contribution in [1.82, 2.24) is 10.2 Å². The monoisotopic (exact) mass is 393 g/mol. The zero-order valence-corrected chi connectivity index (χ0v) is 16.8. The molecule has 27 heavy (non-hydrogen) atoms. The highest BCUT2D eigenvalue weighted by Crippen LogP contribution is 2.36. The summed E-state index contributed by atoms with van der Waals surface area (Å²) in [4.78, 5) is 28.9. The van der Waals surface area contributed by atoms with E-state index < -0.39 is 0 Å². The van der Waals surface area contributed by atoms with Gasteiger partial charge in [-0.15, -0.1) is 0 Å². The SMILES string of the molecule is CCCCNC(=O)C1CCN(C(=O)N2C[C@@H](C)Oc3ccc(Cl)cc32)CC1. The number of halogens is 1. The number of nitrogens with one attached hydrogen (secondary N) is 1. The number of hydrogen-bond donors (Lipinski definition) is 1. The second kappa shape index (κ2) is 8.83. The number of nitrogens with zero attached hydrogens (tertiary/aromatic N) is 2. The molecule has 0 radical (unpaired) electrons. The maximum atomic E-state index is 13.1. The van der Waals surface area contributed by atoms with Crippen LogP contribution in [-0.4, -0.2) is 49.1 Å². The molecule has 1 aromatic carbocycles. The molecule has 1 aromatic rings. The summed E-state index contributed by atoms with van der Waals surface area (Å²) in [6.45, 7) is 6.46. The van der Waals surface area contributed by atoms with E-state index in [1.807, 2.05) is 11.8 Å². The van der Waals surface area contributed by atoms with E-state index in [2.05, 4.69) is 12.2 Å². The molecule has 2 heterocycles. The molecule has 6 nitrogen and oxygen atoms in total. The molecule has 148 valence electrons. The summed E-state index contributed by atoms with van der Waals surface area (Å²) in [6, 6.07) is 5.30. The summed E-state index contributed by atoms with van der Waals surface area (Å²) in [6.07, 6.45) is 3.39. The van der Waals surface area contributed by atoms with Crippen LogP contribution in [0.2, 0.25) is 5.02 Å². The maximum Gasteiger partial charge on any atom is 0.324 e. The number of hydrogen-bond acceptors (Lipinski definition) is 3. The van der Waals surface area contributed by atoms with Crippen molar-refractivity contribution in [3.8, 4) is 5.75 Å². The smallest absolute Gasteiger partial charge is 0.324 e. The van der Waals surface area contributed by atoms with E-state index in [0.29, 0.717) is 48.9 Å². The van der Waals surface area contributed by atoms with Crippen LogP contribution in [0, 0.1) is 5.92 Å². The van der Waals surface area contributed by atoms with Crippen molar-refractivity contribution in [2.75, 3.05) is 31.1 Å². The largest absolute Gasteiger partial charge is 0.487 e. The predicted molar refractivity (Wildman–Crippen MR) is 106 cm³/mol. The lowest BCUT2D eigenvalue weighted by atomic mass is 9.96. The van der Waals surface area contributed by atoms with Crippen LogP contribution in [0.1, 0.15) is 39.5 Å². The molecule has 7 heteroatoms. The van der Waals surface area contributed by atoms with Crippen LogP contribution in [-0.2, 0) is 4.79 Å². The highest BCUT2D eigenvalue weighted by atomic mass is 35.5. The number of carbonyl (C=O) groups is 2. The molecule has 0 saturated carbocycles. The van der Waals surface area contributed by atoms with Gasteiger partial charge in [-0.25, -0.2) is 4.79 Å². The average molecular weight is 394 g/mol. The van der Waals surface area contributed by atoms with Crippen molar-refractivity contribution in [2.24, 2.45) is 5.92 Å². The summed E-state index contributed by atoms with van der Waals surface area (Å²) >= 11 is 6.12. The van der Waals surface area contributed by atoms with Gasteiger partial charge in [0.05, 0.1) is 12.2 Å². The maximum absolute atomic E-state index is 13.1. The lowest BCUT2D eigenvalue weighted by Crippen LogP contribution is -2.52. The van der Waals surface area contributed by atoms with Gasteiger partial charge in [-0.05, 0) is 44.4 Å². The van der Waals surface area contributed by atoms with Gasteiger partial charge in [0.15, 0.2) is 0 Å². The highest BCUT2D eigenvalue weighted by molar-refractivity contribution is 6.31. The third-order valence-corrected chi connectivity index (χ3v) is 5.41. The fraction of sp³-hybridized carbons (Fsp3) is 0.600. The van der Waals surface area contributed by atoms with Crippen molar-refractivity contribution in [3.63, 3.8) is 0 Å². The molecule has 3 rings (SSSR count). The molecular weight excluding hydrogens is 366 g/mol. The fourth-order valence-corrected chi connectivity index (χ4v) is 3.79. The number of piperidine rings is 1. The minimum absolute atomic E-state index is 0.00347. The number of rotatable bonds is 4. The van der Waals surface area contributed by atoms with E-state index in [4.69, 9.17) is 16.3 Å². The Labute approximate surface area is 165 Å². The van der Waals surface area contributed by atoms with Crippen LogP contribution in [0.15, 0.2) is 18.2 Å². The first-order valence-corrected chi connectivity index (χ1v) is 10.2. The fourth-order valence-electron chi connectivity index (χ4n) is 3.63.